The molecule has 0 amide bonds. The second kappa shape index (κ2) is 6.14. The zero-order chi connectivity index (χ0) is 13.0. The Morgan fingerprint density at radius 2 is 1.94 bits per heavy atom. The van der Waals surface area contributed by atoms with Crippen molar-refractivity contribution in [2.24, 2.45) is 0 Å². The van der Waals surface area contributed by atoms with Crippen molar-refractivity contribution in [1.29, 1.82) is 0 Å². The molecule has 2 aromatic rings. The van der Waals surface area contributed by atoms with Crippen molar-refractivity contribution in [3.63, 3.8) is 0 Å². The fourth-order valence-corrected chi connectivity index (χ4v) is 1.86. The van der Waals surface area contributed by atoms with E-state index in [9.17, 15) is 0 Å². The molecule has 0 aliphatic carbocycles. The van der Waals surface area contributed by atoms with Crippen LogP contribution in [0, 0.1) is 0 Å². The van der Waals surface area contributed by atoms with E-state index in [2.05, 4.69) is 5.32 Å². The quantitative estimate of drug-likeness (QED) is 0.905. The highest BCUT2D eigenvalue weighted by atomic mass is 35.5. The third-order valence-corrected chi connectivity index (χ3v) is 3.16. The molecular weight excluding hydrogens is 273 g/mol. The Hall–Kier alpha value is -1.16. The van der Waals surface area contributed by atoms with E-state index in [1.54, 1.807) is 18.2 Å². The van der Waals surface area contributed by atoms with Crippen LogP contribution in [-0.4, -0.2) is 7.05 Å². The molecule has 2 rings (SSSR count). The number of halogens is 2. The first-order valence-electron chi connectivity index (χ1n) is 5.49. The van der Waals surface area contributed by atoms with E-state index >= 15 is 0 Å². The molecule has 0 saturated carbocycles. The van der Waals surface area contributed by atoms with Gasteiger partial charge in [0, 0.05) is 0 Å². The summed E-state index contributed by atoms with van der Waals surface area (Å²) in [6, 6.07) is 9.07. The van der Waals surface area contributed by atoms with E-state index in [-0.39, 0.29) is 0 Å². The molecule has 0 spiro atoms. The molecule has 0 fully saturated rings. The first-order chi connectivity index (χ1) is 8.70. The van der Waals surface area contributed by atoms with Crippen LogP contribution in [0.5, 0.6) is 5.75 Å². The smallest absolute Gasteiger partial charge is 0.146 e. The van der Waals surface area contributed by atoms with Gasteiger partial charge in [0.2, 0.25) is 0 Å². The molecule has 0 atom stereocenters. The summed E-state index contributed by atoms with van der Waals surface area (Å²) in [5.74, 6) is 2.17. The SMILES string of the molecule is CNCc1ccc(COc2cccc(Cl)c2Cl)o1. The Labute approximate surface area is 116 Å². The Bertz CT molecular complexity index is 525. The van der Waals surface area contributed by atoms with Crippen LogP contribution in [0.1, 0.15) is 11.5 Å². The summed E-state index contributed by atoms with van der Waals surface area (Å²) in [4.78, 5) is 0. The van der Waals surface area contributed by atoms with Crippen molar-refractivity contribution < 1.29 is 9.15 Å². The topological polar surface area (TPSA) is 34.4 Å². The maximum absolute atomic E-state index is 6.02. The molecule has 1 N–H and O–H groups in total. The first kappa shape index (κ1) is 13.3. The van der Waals surface area contributed by atoms with Gasteiger partial charge >= 0.3 is 0 Å². The van der Waals surface area contributed by atoms with Gasteiger partial charge in [-0.15, -0.1) is 0 Å². The minimum Gasteiger partial charge on any atom is -0.484 e. The highest BCUT2D eigenvalue weighted by Crippen LogP contribution is 2.31. The fraction of sp³-hybridized carbons (Fsp3) is 0.231. The van der Waals surface area contributed by atoms with E-state index in [1.165, 1.54) is 0 Å². The number of furan rings is 1. The van der Waals surface area contributed by atoms with Gasteiger partial charge in [0.1, 0.15) is 28.9 Å². The predicted octanol–water partition coefficient (Wildman–Crippen LogP) is 3.88. The molecule has 1 aromatic heterocycles. The molecular formula is C13H13Cl2NO2. The van der Waals surface area contributed by atoms with Crippen molar-refractivity contribution >= 4 is 23.2 Å². The summed E-state index contributed by atoms with van der Waals surface area (Å²) in [5.41, 5.74) is 0. The Kier molecular flexibility index (Phi) is 4.53. The molecule has 0 aliphatic heterocycles. The van der Waals surface area contributed by atoms with Crippen LogP contribution in [0.25, 0.3) is 0 Å². The van der Waals surface area contributed by atoms with Crippen LogP contribution in [0.2, 0.25) is 10.0 Å². The molecule has 1 heterocycles. The van der Waals surface area contributed by atoms with Crippen LogP contribution < -0.4 is 10.1 Å². The highest BCUT2D eigenvalue weighted by Gasteiger charge is 2.07. The van der Waals surface area contributed by atoms with E-state index in [4.69, 9.17) is 32.4 Å². The molecule has 0 saturated heterocycles. The summed E-state index contributed by atoms with van der Waals surface area (Å²) in [7, 11) is 1.87. The molecule has 0 radical (unpaired) electrons. The van der Waals surface area contributed by atoms with Gasteiger partial charge in [0.05, 0.1) is 11.6 Å². The van der Waals surface area contributed by atoms with E-state index in [0.717, 1.165) is 11.5 Å². The van der Waals surface area contributed by atoms with Gasteiger partial charge in [-0.1, -0.05) is 29.3 Å². The highest BCUT2D eigenvalue weighted by molar-refractivity contribution is 6.42. The van der Waals surface area contributed by atoms with Crippen LogP contribution >= 0.6 is 23.2 Å². The Morgan fingerprint density at radius 1 is 1.17 bits per heavy atom. The lowest BCUT2D eigenvalue weighted by molar-refractivity contribution is 0.265. The summed E-state index contributed by atoms with van der Waals surface area (Å²) in [5, 5.41) is 3.91. The second-order valence-electron chi connectivity index (χ2n) is 3.74. The number of hydrogen-bond acceptors (Lipinski definition) is 3. The van der Waals surface area contributed by atoms with Crippen molar-refractivity contribution in [2.75, 3.05) is 7.05 Å². The predicted molar refractivity (Wildman–Crippen MR) is 72.3 cm³/mol. The minimum atomic E-state index is 0.323. The molecule has 0 aliphatic rings. The summed E-state index contributed by atoms with van der Waals surface area (Å²) >= 11 is 11.9. The van der Waals surface area contributed by atoms with Gasteiger partial charge < -0.3 is 14.5 Å². The lowest BCUT2D eigenvalue weighted by Crippen LogP contribution is -2.03. The van der Waals surface area contributed by atoms with Gasteiger partial charge in [-0.3, -0.25) is 0 Å². The van der Waals surface area contributed by atoms with Crippen molar-refractivity contribution in [2.45, 2.75) is 13.2 Å². The first-order valence-corrected chi connectivity index (χ1v) is 6.25. The minimum absolute atomic E-state index is 0.323. The number of nitrogens with one attached hydrogen (secondary N) is 1. The summed E-state index contributed by atoms with van der Waals surface area (Å²) in [6.45, 7) is 1.02. The zero-order valence-corrected chi connectivity index (χ0v) is 11.4. The van der Waals surface area contributed by atoms with E-state index < -0.39 is 0 Å². The van der Waals surface area contributed by atoms with Gasteiger partial charge in [-0.2, -0.15) is 0 Å². The number of rotatable bonds is 5. The number of hydrogen-bond donors (Lipinski definition) is 1. The van der Waals surface area contributed by atoms with Crippen LogP contribution in [0.15, 0.2) is 34.7 Å². The third-order valence-electron chi connectivity index (χ3n) is 2.35. The normalized spacial score (nSPS) is 10.6. The van der Waals surface area contributed by atoms with Gasteiger partial charge in [-0.25, -0.2) is 0 Å². The second-order valence-corrected chi connectivity index (χ2v) is 4.52. The fourth-order valence-electron chi connectivity index (χ4n) is 1.51. The van der Waals surface area contributed by atoms with Crippen molar-refractivity contribution in [3.05, 3.63) is 51.9 Å². The lowest BCUT2D eigenvalue weighted by atomic mass is 10.3. The maximum atomic E-state index is 6.02. The van der Waals surface area contributed by atoms with Crippen LogP contribution in [0.4, 0.5) is 0 Å². The van der Waals surface area contributed by atoms with Crippen LogP contribution in [0.3, 0.4) is 0 Å². The molecule has 1 aromatic carbocycles. The number of ether oxygens (including phenoxy) is 1. The number of benzene rings is 1. The van der Waals surface area contributed by atoms with E-state index in [1.807, 2.05) is 19.2 Å². The van der Waals surface area contributed by atoms with Crippen molar-refractivity contribution in [1.82, 2.24) is 5.32 Å². The lowest BCUT2D eigenvalue weighted by Gasteiger charge is -2.07. The van der Waals surface area contributed by atoms with Gasteiger partial charge in [0.15, 0.2) is 0 Å². The average molecular weight is 286 g/mol. The average Bonchev–Trinajstić information content (AvgIpc) is 2.79. The Morgan fingerprint density at radius 3 is 2.72 bits per heavy atom. The maximum Gasteiger partial charge on any atom is 0.146 e. The van der Waals surface area contributed by atoms with Gasteiger partial charge in [-0.05, 0) is 31.3 Å². The largest absolute Gasteiger partial charge is 0.484 e. The van der Waals surface area contributed by atoms with Crippen molar-refractivity contribution in [3.8, 4) is 5.75 Å². The summed E-state index contributed by atoms with van der Waals surface area (Å²) < 4.78 is 11.1. The zero-order valence-electron chi connectivity index (χ0n) is 9.87. The standard InChI is InChI=1S/C13H13Cl2NO2/c1-16-7-9-5-6-10(18-9)8-17-12-4-2-3-11(14)13(12)15/h2-6,16H,7-8H2,1H3. The molecule has 18 heavy (non-hydrogen) atoms. The molecule has 96 valence electrons. The monoisotopic (exact) mass is 285 g/mol. The Balaban J connectivity index is 2.00. The van der Waals surface area contributed by atoms with Gasteiger partial charge in [0.25, 0.3) is 0 Å². The molecule has 0 bridgehead atoms. The molecule has 5 heteroatoms. The summed E-state index contributed by atoms with van der Waals surface area (Å²) in [6.07, 6.45) is 0. The third kappa shape index (κ3) is 3.19. The van der Waals surface area contributed by atoms with Crippen LogP contribution in [-0.2, 0) is 13.2 Å². The van der Waals surface area contributed by atoms with E-state index in [0.29, 0.717) is 28.9 Å². The molecule has 0 unspecified atom stereocenters. The molecule has 3 nitrogen and oxygen atoms in total.